The molecule has 0 saturated carbocycles. The topological polar surface area (TPSA) is 52.0 Å². The Bertz CT molecular complexity index is 292. The zero-order chi connectivity index (χ0) is 9.26. The van der Waals surface area contributed by atoms with Gasteiger partial charge in [0.2, 0.25) is 0 Å². The quantitative estimate of drug-likeness (QED) is 0.692. The van der Waals surface area contributed by atoms with Crippen LogP contribution in [0.2, 0.25) is 0 Å². The van der Waals surface area contributed by atoms with Crippen LogP contribution in [0, 0.1) is 6.92 Å². The second kappa shape index (κ2) is 3.43. The maximum absolute atomic E-state index is 5.57. The predicted octanol–water partition coefficient (Wildman–Crippen LogP) is -0.388. The molecule has 0 amide bonds. The number of hydrogen-bond donors (Lipinski definition) is 1. The fraction of sp³-hybridized carbons (Fsp3) is 0.750. The Labute approximate surface area is 77.1 Å². The lowest BCUT2D eigenvalue weighted by Gasteiger charge is -2.26. The van der Waals surface area contributed by atoms with Gasteiger partial charge in [-0.15, -0.1) is 0 Å². The van der Waals surface area contributed by atoms with Gasteiger partial charge in [0, 0.05) is 20.1 Å². The predicted molar refractivity (Wildman–Crippen MR) is 47.2 cm³/mol. The van der Waals surface area contributed by atoms with E-state index in [-0.39, 0.29) is 0 Å². The number of nitrogens with one attached hydrogen (secondary N) is 1. The smallest absolute Gasteiger partial charge is 0.152 e. The number of aromatic nitrogens is 3. The van der Waals surface area contributed by atoms with Gasteiger partial charge in [-0.2, -0.15) is 5.10 Å². The number of hydrogen-bond acceptors (Lipinski definition) is 4. The van der Waals surface area contributed by atoms with Gasteiger partial charge in [-0.25, -0.2) is 4.98 Å². The van der Waals surface area contributed by atoms with Crippen LogP contribution in [0.1, 0.15) is 11.6 Å². The Balaban J connectivity index is 1.89. The fourth-order valence-electron chi connectivity index (χ4n) is 1.25. The summed E-state index contributed by atoms with van der Waals surface area (Å²) < 4.78 is 7.34. The van der Waals surface area contributed by atoms with Gasteiger partial charge >= 0.3 is 0 Å². The second-order valence-electron chi connectivity index (χ2n) is 3.29. The Morgan fingerprint density at radius 3 is 2.85 bits per heavy atom. The highest BCUT2D eigenvalue weighted by Crippen LogP contribution is 2.03. The maximum Gasteiger partial charge on any atom is 0.152 e. The standard InChI is InChI=1S/C8H14N4O/c1-6-10-8(12(2)11-6)5-13-7-3-9-4-7/h7,9H,3-5H2,1-2H3. The molecule has 5 heteroatoms. The van der Waals surface area contributed by atoms with E-state index >= 15 is 0 Å². The molecule has 2 heterocycles. The molecule has 0 radical (unpaired) electrons. The third kappa shape index (κ3) is 1.87. The molecule has 5 nitrogen and oxygen atoms in total. The van der Waals surface area contributed by atoms with Gasteiger partial charge in [-0.05, 0) is 6.92 Å². The van der Waals surface area contributed by atoms with E-state index in [0.717, 1.165) is 24.7 Å². The van der Waals surface area contributed by atoms with Crippen LogP contribution in [0.3, 0.4) is 0 Å². The molecule has 13 heavy (non-hydrogen) atoms. The summed E-state index contributed by atoms with van der Waals surface area (Å²) in [4.78, 5) is 4.25. The molecule has 0 aliphatic carbocycles. The molecule has 0 aromatic carbocycles. The molecule has 1 aromatic rings. The second-order valence-corrected chi connectivity index (χ2v) is 3.29. The molecule has 0 bridgehead atoms. The van der Waals surface area contributed by atoms with Crippen molar-refractivity contribution in [3.63, 3.8) is 0 Å². The van der Waals surface area contributed by atoms with Crippen molar-refractivity contribution in [2.24, 2.45) is 7.05 Å². The molecular weight excluding hydrogens is 168 g/mol. The lowest BCUT2D eigenvalue weighted by atomic mass is 10.2. The van der Waals surface area contributed by atoms with Crippen molar-refractivity contribution >= 4 is 0 Å². The van der Waals surface area contributed by atoms with E-state index in [2.05, 4.69) is 15.4 Å². The normalized spacial score (nSPS) is 17.4. The highest BCUT2D eigenvalue weighted by atomic mass is 16.5. The van der Waals surface area contributed by atoms with Crippen LogP contribution in [0.5, 0.6) is 0 Å². The Morgan fingerprint density at radius 1 is 1.62 bits per heavy atom. The third-order valence-corrected chi connectivity index (χ3v) is 2.15. The molecular formula is C8H14N4O. The summed E-state index contributed by atoms with van der Waals surface area (Å²) in [5, 5.41) is 7.29. The molecule has 1 aliphatic heterocycles. The molecule has 0 unspecified atom stereocenters. The zero-order valence-electron chi connectivity index (χ0n) is 7.95. The summed E-state index contributed by atoms with van der Waals surface area (Å²) in [6.45, 7) is 4.35. The van der Waals surface area contributed by atoms with Crippen LogP contribution in [0.25, 0.3) is 0 Å². The van der Waals surface area contributed by atoms with Gasteiger partial charge < -0.3 is 10.1 Å². The Morgan fingerprint density at radius 2 is 2.38 bits per heavy atom. The van der Waals surface area contributed by atoms with Crippen LogP contribution >= 0.6 is 0 Å². The first-order valence-corrected chi connectivity index (χ1v) is 4.44. The van der Waals surface area contributed by atoms with Crippen molar-refractivity contribution in [3.05, 3.63) is 11.6 Å². The highest BCUT2D eigenvalue weighted by Gasteiger charge is 2.17. The monoisotopic (exact) mass is 182 g/mol. The molecule has 0 atom stereocenters. The van der Waals surface area contributed by atoms with Crippen molar-refractivity contribution < 1.29 is 4.74 Å². The molecule has 72 valence electrons. The van der Waals surface area contributed by atoms with Crippen molar-refractivity contribution in [2.75, 3.05) is 13.1 Å². The van der Waals surface area contributed by atoms with E-state index in [1.165, 1.54) is 0 Å². The SMILES string of the molecule is Cc1nc(COC2CNC2)n(C)n1. The first-order valence-electron chi connectivity index (χ1n) is 4.44. The Hall–Kier alpha value is -0.940. The van der Waals surface area contributed by atoms with Crippen LogP contribution in [0.4, 0.5) is 0 Å². The summed E-state index contributed by atoms with van der Waals surface area (Å²) in [6, 6.07) is 0. The Kier molecular flexibility index (Phi) is 2.28. The number of aryl methyl sites for hydroxylation is 2. The molecule has 2 rings (SSSR count). The van der Waals surface area contributed by atoms with E-state index < -0.39 is 0 Å². The van der Waals surface area contributed by atoms with E-state index in [1.54, 1.807) is 4.68 Å². The van der Waals surface area contributed by atoms with Crippen molar-refractivity contribution in [1.82, 2.24) is 20.1 Å². The van der Waals surface area contributed by atoms with Crippen LogP contribution in [0.15, 0.2) is 0 Å². The largest absolute Gasteiger partial charge is 0.368 e. The van der Waals surface area contributed by atoms with Crippen molar-refractivity contribution in [3.8, 4) is 0 Å². The molecule has 1 N–H and O–H groups in total. The molecule has 0 spiro atoms. The van der Waals surface area contributed by atoms with Crippen molar-refractivity contribution in [2.45, 2.75) is 19.6 Å². The highest BCUT2D eigenvalue weighted by molar-refractivity contribution is 4.89. The van der Waals surface area contributed by atoms with Gasteiger partial charge in [0.15, 0.2) is 5.82 Å². The first kappa shape index (κ1) is 8.65. The van der Waals surface area contributed by atoms with Gasteiger partial charge in [0.05, 0.1) is 6.10 Å². The molecule has 1 fully saturated rings. The van der Waals surface area contributed by atoms with Gasteiger partial charge in [0.25, 0.3) is 0 Å². The van der Waals surface area contributed by atoms with Crippen LogP contribution in [-0.2, 0) is 18.4 Å². The fourth-order valence-corrected chi connectivity index (χ4v) is 1.25. The average molecular weight is 182 g/mol. The number of rotatable bonds is 3. The van der Waals surface area contributed by atoms with Gasteiger partial charge in [-0.1, -0.05) is 0 Å². The van der Waals surface area contributed by atoms with Crippen LogP contribution < -0.4 is 5.32 Å². The minimum atomic E-state index is 0.358. The maximum atomic E-state index is 5.57. The summed E-state index contributed by atoms with van der Waals surface area (Å²) in [5.41, 5.74) is 0. The summed E-state index contributed by atoms with van der Waals surface area (Å²) in [7, 11) is 1.89. The van der Waals surface area contributed by atoms with Gasteiger partial charge in [-0.3, -0.25) is 4.68 Å². The lowest BCUT2D eigenvalue weighted by molar-refractivity contribution is 0.00315. The van der Waals surface area contributed by atoms with E-state index in [0.29, 0.717) is 12.7 Å². The lowest BCUT2D eigenvalue weighted by Crippen LogP contribution is -2.48. The molecule has 1 aromatic heterocycles. The number of ether oxygens (including phenoxy) is 1. The third-order valence-electron chi connectivity index (χ3n) is 2.15. The first-order chi connectivity index (χ1) is 6.25. The number of nitrogens with zero attached hydrogens (tertiary/aromatic N) is 3. The van der Waals surface area contributed by atoms with E-state index in [4.69, 9.17) is 4.74 Å². The van der Waals surface area contributed by atoms with Crippen molar-refractivity contribution in [1.29, 1.82) is 0 Å². The summed E-state index contributed by atoms with van der Waals surface area (Å²) in [5.74, 6) is 1.69. The molecule has 1 saturated heterocycles. The molecule has 1 aliphatic rings. The summed E-state index contributed by atoms with van der Waals surface area (Å²) in [6.07, 6.45) is 0.358. The minimum Gasteiger partial charge on any atom is -0.368 e. The minimum absolute atomic E-state index is 0.358. The van der Waals surface area contributed by atoms with Gasteiger partial charge in [0.1, 0.15) is 12.4 Å². The van der Waals surface area contributed by atoms with E-state index in [9.17, 15) is 0 Å². The average Bonchev–Trinajstić information content (AvgIpc) is 2.27. The van der Waals surface area contributed by atoms with Crippen LogP contribution in [-0.4, -0.2) is 34.0 Å². The van der Waals surface area contributed by atoms with E-state index in [1.807, 2.05) is 14.0 Å². The zero-order valence-corrected chi connectivity index (χ0v) is 7.95. The summed E-state index contributed by atoms with van der Waals surface area (Å²) >= 11 is 0.